The highest BCUT2D eigenvalue weighted by atomic mass is 35.5. The van der Waals surface area contributed by atoms with Crippen LogP contribution in [0.15, 0.2) is 40.4 Å². The van der Waals surface area contributed by atoms with Crippen LogP contribution in [0.3, 0.4) is 0 Å². The summed E-state index contributed by atoms with van der Waals surface area (Å²) in [5, 5.41) is 12.5. The maximum atomic E-state index is 9.16. The Labute approximate surface area is 135 Å². The van der Waals surface area contributed by atoms with Gasteiger partial charge in [0.05, 0.1) is 17.2 Å². The van der Waals surface area contributed by atoms with E-state index in [4.69, 9.17) is 33.1 Å². The lowest BCUT2D eigenvalue weighted by Crippen LogP contribution is -2.04. The smallest absolute Gasteiger partial charge is 0.132 e. The molecule has 2 aromatic rings. The minimum absolute atomic E-state index is 0.462. The van der Waals surface area contributed by atoms with Gasteiger partial charge in [0.15, 0.2) is 0 Å². The van der Waals surface area contributed by atoms with Gasteiger partial charge in [-0.25, -0.2) is 0 Å². The average molecular weight is 348 g/mol. The number of thiophene rings is 1. The molecule has 0 fully saturated rings. The molecule has 3 nitrogen and oxygen atoms in total. The van der Waals surface area contributed by atoms with Gasteiger partial charge in [-0.1, -0.05) is 40.5 Å². The Morgan fingerprint density at radius 3 is 2.75 bits per heavy atom. The minimum atomic E-state index is 0.462. The predicted molar refractivity (Wildman–Crippen MR) is 86.4 cm³/mol. The number of oxime groups is 1. The van der Waals surface area contributed by atoms with Crippen molar-refractivity contribution in [2.45, 2.75) is 4.90 Å². The number of thioether (sulfide) groups is 1. The molecule has 0 bridgehead atoms. The normalized spacial score (nSPS) is 11.7. The number of hydrogen-bond donors (Lipinski definition) is 1. The Bertz CT molecular complexity index is 629. The summed E-state index contributed by atoms with van der Waals surface area (Å²) in [5.74, 6) is 1.24. The summed E-state index contributed by atoms with van der Waals surface area (Å²) in [4.78, 5) is 0.966. The first-order valence-electron chi connectivity index (χ1n) is 5.57. The Morgan fingerprint density at radius 2 is 2.15 bits per heavy atom. The SMILES string of the molecule is COc1ccccc1SC/C(=N/O)c1cc(Cl)sc1Cl. The molecule has 106 valence electrons. The van der Waals surface area contributed by atoms with Crippen molar-refractivity contribution in [2.24, 2.45) is 5.16 Å². The molecule has 20 heavy (non-hydrogen) atoms. The molecule has 1 heterocycles. The standard InChI is InChI=1S/C13H11Cl2NO2S2/c1-18-10-4-2-3-5-11(10)19-7-9(16-17)8-6-12(14)20-13(8)15/h2-6,17H,7H2,1H3/b16-9-. The third kappa shape index (κ3) is 3.61. The molecule has 0 spiro atoms. The van der Waals surface area contributed by atoms with Crippen LogP contribution in [0.25, 0.3) is 0 Å². The number of halogens is 2. The van der Waals surface area contributed by atoms with Crippen LogP contribution in [0.1, 0.15) is 5.56 Å². The molecule has 1 aromatic carbocycles. The van der Waals surface area contributed by atoms with Gasteiger partial charge in [-0.15, -0.1) is 23.1 Å². The fraction of sp³-hybridized carbons (Fsp3) is 0.154. The Balaban J connectivity index is 2.14. The van der Waals surface area contributed by atoms with Crippen LogP contribution in [-0.2, 0) is 0 Å². The van der Waals surface area contributed by atoms with E-state index in [0.29, 0.717) is 25.7 Å². The molecule has 1 aromatic heterocycles. The Kier molecular flexibility index (Phi) is 5.60. The molecule has 0 unspecified atom stereocenters. The van der Waals surface area contributed by atoms with Crippen LogP contribution < -0.4 is 4.74 Å². The van der Waals surface area contributed by atoms with Gasteiger partial charge in [-0.3, -0.25) is 0 Å². The predicted octanol–water partition coefficient (Wildman–Crippen LogP) is 5.03. The number of methoxy groups -OCH3 is 1. The minimum Gasteiger partial charge on any atom is -0.496 e. The van der Waals surface area contributed by atoms with Crippen LogP contribution in [0.4, 0.5) is 0 Å². The van der Waals surface area contributed by atoms with Gasteiger partial charge in [0.1, 0.15) is 10.1 Å². The summed E-state index contributed by atoms with van der Waals surface area (Å²) in [6.07, 6.45) is 0. The van der Waals surface area contributed by atoms with Gasteiger partial charge in [0.25, 0.3) is 0 Å². The second kappa shape index (κ2) is 7.22. The van der Waals surface area contributed by atoms with Gasteiger partial charge in [0.2, 0.25) is 0 Å². The third-order valence-corrected chi connectivity index (χ3v) is 5.08. The molecular weight excluding hydrogens is 337 g/mol. The summed E-state index contributed by atoms with van der Waals surface area (Å²) in [6.45, 7) is 0. The van der Waals surface area contributed by atoms with Crippen molar-refractivity contribution in [3.8, 4) is 5.75 Å². The van der Waals surface area contributed by atoms with Crippen molar-refractivity contribution in [1.82, 2.24) is 0 Å². The lowest BCUT2D eigenvalue weighted by molar-refractivity contribution is 0.319. The molecule has 0 atom stereocenters. The Hall–Kier alpha value is -0.880. The topological polar surface area (TPSA) is 41.8 Å². The van der Waals surface area contributed by atoms with Gasteiger partial charge >= 0.3 is 0 Å². The van der Waals surface area contributed by atoms with Gasteiger partial charge < -0.3 is 9.94 Å². The van der Waals surface area contributed by atoms with E-state index in [-0.39, 0.29) is 0 Å². The molecule has 0 radical (unpaired) electrons. The molecule has 7 heteroatoms. The first-order chi connectivity index (χ1) is 9.65. The van der Waals surface area contributed by atoms with Gasteiger partial charge in [-0.2, -0.15) is 0 Å². The second-order valence-corrected chi connectivity index (χ2v) is 7.03. The fourth-order valence-corrected chi connectivity index (χ4v) is 4.06. The van der Waals surface area contributed by atoms with E-state index in [2.05, 4.69) is 5.16 Å². The highest BCUT2D eigenvalue weighted by Gasteiger charge is 2.14. The van der Waals surface area contributed by atoms with Crippen molar-refractivity contribution in [2.75, 3.05) is 12.9 Å². The highest BCUT2D eigenvalue weighted by molar-refractivity contribution is 8.00. The molecule has 0 saturated heterocycles. The van der Waals surface area contributed by atoms with E-state index in [1.807, 2.05) is 24.3 Å². The maximum Gasteiger partial charge on any atom is 0.132 e. The van der Waals surface area contributed by atoms with Crippen LogP contribution in [0.2, 0.25) is 8.67 Å². The van der Waals surface area contributed by atoms with Crippen molar-refractivity contribution in [3.05, 3.63) is 44.6 Å². The van der Waals surface area contributed by atoms with Crippen molar-refractivity contribution in [3.63, 3.8) is 0 Å². The molecule has 0 aliphatic rings. The maximum absolute atomic E-state index is 9.16. The van der Waals surface area contributed by atoms with E-state index >= 15 is 0 Å². The van der Waals surface area contributed by atoms with Crippen molar-refractivity contribution >= 4 is 52.0 Å². The zero-order valence-electron chi connectivity index (χ0n) is 10.5. The monoisotopic (exact) mass is 347 g/mol. The quantitative estimate of drug-likeness (QED) is 0.356. The largest absolute Gasteiger partial charge is 0.496 e. The van der Waals surface area contributed by atoms with E-state index in [9.17, 15) is 0 Å². The van der Waals surface area contributed by atoms with Crippen LogP contribution >= 0.6 is 46.3 Å². The van der Waals surface area contributed by atoms with Crippen LogP contribution in [-0.4, -0.2) is 23.8 Å². The van der Waals surface area contributed by atoms with Crippen molar-refractivity contribution in [1.29, 1.82) is 0 Å². The second-order valence-electron chi connectivity index (χ2n) is 3.72. The summed E-state index contributed by atoms with van der Waals surface area (Å²) < 4.78 is 6.36. The molecule has 2 rings (SSSR count). The number of ether oxygens (including phenoxy) is 1. The van der Waals surface area contributed by atoms with E-state index in [0.717, 1.165) is 10.6 Å². The van der Waals surface area contributed by atoms with Crippen LogP contribution in [0, 0.1) is 0 Å². The zero-order chi connectivity index (χ0) is 14.5. The molecule has 0 saturated carbocycles. The first-order valence-corrected chi connectivity index (χ1v) is 8.13. The molecule has 0 aliphatic carbocycles. The lowest BCUT2D eigenvalue weighted by atomic mass is 10.2. The van der Waals surface area contributed by atoms with E-state index in [1.54, 1.807) is 13.2 Å². The molecule has 0 amide bonds. The third-order valence-electron chi connectivity index (χ3n) is 2.52. The summed E-state index contributed by atoms with van der Waals surface area (Å²) in [6, 6.07) is 9.36. The summed E-state index contributed by atoms with van der Waals surface area (Å²) in [5.41, 5.74) is 1.14. The number of hydrogen-bond acceptors (Lipinski definition) is 5. The number of benzene rings is 1. The molecule has 0 aliphatic heterocycles. The zero-order valence-corrected chi connectivity index (χ0v) is 13.6. The fourth-order valence-electron chi connectivity index (χ4n) is 1.58. The number of nitrogens with zero attached hydrogens (tertiary/aromatic N) is 1. The van der Waals surface area contributed by atoms with Gasteiger partial charge in [0, 0.05) is 16.2 Å². The first kappa shape index (κ1) is 15.5. The van der Waals surface area contributed by atoms with E-state index < -0.39 is 0 Å². The number of rotatable bonds is 5. The van der Waals surface area contributed by atoms with Crippen LogP contribution in [0.5, 0.6) is 5.75 Å². The summed E-state index contributed by atoms with van der Waals surface area (Å²) >= 11 is 14.7. The summed E-state index contributed by atoms with van der Waals surface area (Å²) in [7, 11) is 1.62. The number of para-hydroxylation sites is 1. The Morgan fingerprint density at radius 1 is 1.40 bits per heavy atom. The van der Waals surface area contributed by atoms with E-state index in [1.165, 1.54) is 23.1 Å². The lowest BCUT2D eigenvalue weighted by Gasteiger charge is -2.08. The molecular formula is C13H11Cl2NO2S2. The highest BCUT2D eigenvalue weighted by Crippen LogP contribution is 2.34. The van der Waals surface area contributed by atoms with Crippen molar-refractivity contribution < 1.29 is 9.94 Å². The van der Waals surface area contributed by atoms with Gasteiger partial charge in [-0.05, 0) is 18.2 Å². The average Bonchev–Trinajstić information content (AvgIpc) is 2.79. The molecule has 1 N–H and O–H groups in total.